The highest BCUT2D eigenvalue weighted by molar-refractivity contribution is 6.03. The van der Waals surface area contributed by atoms with Crippen LogP contribution in [0.3, 0.4) is 0 Å². The second-order valence-electron chi connectivity index (χ2n) is 9.52. The van der Waals surface area contributed by atoms with Crippen LogP contribution in [0.4, 0.5) is 0 Å². The Kier molecular flexibility index (Phi) is 7.19. The van der Waals surface area contributed by atoms with Gasteiger partial charge in [0.2, 0.25) is 5.91 Å². The Balaban J connectivity index is 1.89. The van der Waals surface area contributed by atoms with Gasteiger partial charge in [-0.2, -0.15) is 0 Å². The Labute approximate surface area is 210 Å². The molecular formula is C27H32N2O7. The molecule has 0 spiro atoms. The number of ether oxygens (including phenoxy) is 3. The maximum atomic E-state index is 13.8. The minimum absolute atomic E-state index is 0.00306. The molecule has 9 nitrogen and oxygen atoms in total. The Hall–Kier alpha value is -3.62. The highest BCUT2D eigenvalue weighted by Crippen LogP contribution is 2.49. The maximum Gasteiger partial charge on any atom is 0.355 e. The summed E-state index contributed by atoms with van der Waals surface area (Å²) in [5, 5.41) is 0. The zero-order valence-corrected chi connectivity index (χ0v) is 21.2. The minimum atomic E-state index is -0.983. The molecule has 1 aromatic carbocycles. The third-order valence-corrected chi connectivity index (χ3v) is 7.20. The molecule has 0 bridgehead atoms. The fourth-order valence-electron chi connectivity index (χ4n) is 5.88. The maximum absolute atomic E-state index is 13.8. The first-order valence-corrected chi connectivity index (χ1v) is 12.2. The number of esters is 3. The molecule has 36 heavy (non-hydrogen) atoms. The molecule has 2 aliphatic heterocycles. The third-order valence-electron chi connectivity index (χ3n) is 7.20. The summed E-state index contributed by atoms with van der Waals surface area (Å²) < 4.78 is 16.9. The average molecular weight is 497 g/mol. The molecule has 2 aromatic rings. The van der Waals surface area contributed by atoms with Gasteiger partial charge in [-0.3, -0.25) is 4.79 Å². The number of amides is 1. The Morgan fingerprint density at radius 3 is 2.31 bits per heavy atom. The van der Waals surface area contributed by atoms with Crippen LogP contribution in [0.5, 0.6) is 0 Å². The Bertz CT molecular complexity index is 1170. The monoisotopic (exact) mass is 496 g/mol. The summed E-state index contributed by atoms with van der Waals surface area (Å²) in [4.78, 5) is 54.7. The molecule has 4 rings (SSSR count). The van der Waals surface area contributed by atoms with Crippen LogP contribution in [-0.4, -0.2) is 60.2 Å². The van der Waals surface area contributed by atoms with E-state index in [1.54, 1.807) is 11.5 Å². The van der Waals surface area contributed by atoms with E-state index < -0.39 is 35.8 Å². The fraction of sp³-hybridized carbons (Fsp3) is 0.481. The van der Waals surface area contributed by atoms with Crippen molar-refractivity contribution >= 4 is 23.8 Å². The van der Waals surface area contributed by atoms with Gasteiger partial charge >= 0.3 is 17.9 Å². The smallest absolute Gasteiger partial charge is 0.355 e. The molecule has 0 saturated carbocycles. The van der Waals surface area contributed by atoms with E-state index in [1.165, 1.54) is 20.3 Å². The van der Waals surface area contributed by atoms with Crippen LogP contribution in [0.1, 0.15) is 58.9 Å². The standard InChI is InChI=1S/C27H32N2O7/c1-6-36-27(33)23-20-18(12-17-13-19(25(31)34-4)22(29(17)23)26(32)35-5)24(30)28(21(20)15(2)3)14-16-10-8-7-9-11-16/h7-11,13,15,18,20-21,23H,6,12,14H2,1-5H3/t18-,20-,21+,23-/m1/s1. The third kappa shape index (κ3) is 4.16. The van der Waals surface area contributed by atoms with Gasteiger partial charge in [0.25, 0.3) is 0 Å². The second kappa shape index (κ2) is 10.2. The Morgan fingerprint density at radius 2 is 1.72 bits per heavy atom. The number of hydrogen-bond acceptors (Lipinski definition) is 7. The van der Waals surface area contributed by atoms with Crippen molar-refractivity contribution in [3.8, 4) is 0 Å². The quantitative estimate of drug-likeness (QED) is 0.429. The summed E-state index contributed by atoms with van der Waals surface area (Å²) in [5.74, 6) is -3.04. The van der Waals surface area contributed by atoms with Crippen molar-refractivity contribution in [2.24, 2.45) is 17.8 Å². The molecule has 4 atom stereocenters. The highest BCUT2D eigenvalue weighted by atomic mass is 16.5. The van der Waals surface area contributed by atoms with Crippen LogP contribution in [0.25, 0.3) is 0 Å². The van der Waals surface area contributed by atoms with E-state index in [1.807, 2.05) is 49.1 Å². The molecule has 0 N–H and O–H groups in total. The lowest BCUT2D eigenvalue weighted by Crippen LogP contribution is -2.46. The lowest BCUT2D eigenvalue weighted by Gasteiger charge is -2.39. The summed E-state index contributed by atoms with van der Waals surface area (Å²) in [7, 11) is 2.43. The van der Waals surface area contributed by atoms with E-state index >= 15 is 0 Å². The van der Waals surface area contributed by atoms with Gasteiger partial charge in [0.15, 0.2) is 0 Å². The predicted molar refractivity (Wildman–Crippen MR) is 129 cm³/mol. The van der Waals surface area contributed by atoms with Gasteiger partial charge < -0.3 is 23.7 Å². The molecule has 192 valence electrons. The van der Waals surface area contributed by atoms with E-state index in [-0.39, 0.29) is 42.2 Å². The molecule has 1 aromatic heterocycles. The molecule has 2 aliphatic rings. The minimum Gasteiger partial charge on any atom is -0.465 e. The number of likely N-dealkylation sites (tertiary alicyclic amines) is 1. The van der Waals surface area contributed by atoms with Crippen molar-refractivity contribution in [2.75, 3.05) is 20.8 Å². The zero-order valence-electron chi connectivity index (χ0n) is 21.2. The molecular weight excluding hydrogens is 464 g/mol. The number of nitrogens with zero attached hydrogens (tertiary/aromatic N) is 2. The molecule has 0 aliphatic carbocycles. The van der Waals surface area contributed by atoms with Crippen molar-refractivity contribution in [3.63, 3.8) is 0 Å². The largest absolute Gasteiger partial charge is 0.465 e. The number of fused-ring (bicyclic) bond motifs is 2. The van der Waals surface area contributed by atoms with Crippen molar-refractivity contribution < 1.29 is 33.4 Å². The van der Waals surface area contributed by atoms with Crippen LogP contribution in [0.15, 0.2) is 36.4 Å². The van der Waals surface area contributed by atoms with Gasteiger partial charge in [0.1, 0.15) is 11.7 Å². The number of benzene rings is 1. The van der Waals surface area contributed by atoms with Crippen molar-refractivity contribution in [2.45, 2.75) is 45.8 Å². The molecule has 9 heteroatoms. The van der Waals surface area contributed by atoms with Crippen molar-refractivity contribution in [1.82, 2.24) is 9.47 Å². The van der Waals surface area contributed by atoms with Crippen LogP contribution in [-0.2, 0) is 36.8 Å². The van der Waals surface area contributed by atoms with Crippen LogP contribution in [0.2, 0.25) is 0 Å². The van der Waals surface area contributed by atoms with Crippen LogP contribution < -0.4 is 0 Å². The van der Waals surface area contributed by atoms with Gasteiger partial charge in [-0.05, 0) is 30.9 Å². The summed E-state index contributed by atoms with van der Waals surface area (Å²) in [6, 6.07) is 9.97. The number of carbonyl (C=O) groups is 4. The number of hydrogen-bond donors (Lipinski definition) is 0. The van der Waals surface area contributed by atoms with Gasteiger partial charge in [-0.25, -0.2) is 14.4 Å². The second-order valence-corrected chi connectivity index (χ2v) is 9.52. The zero-order chi connectivity index (χ0) is 26.1. The summed E-state index contributed by atoms with van der Waals surface area (Å²) in [5.41, 5.74) is 1.45. The van der Waals surface area contributed by atoms with Gasteiger partial charge in [-0.15, -0.1) is 0 Å². The predicted octanol–water partition coefficient (Wildman–Crippen LogP) is 3.02. The fourth-order valence-corrected chi connectivity index (χ4v) is 5.88. The average Bonchev–Trinajstić information content (AvgIpc) is 3.38. The lowest BCUT2D eigenvalue weighted by molar-refractivity contribution is -0.150. The Morgan fingerprint density at radius 1 is 1.06 bits per heavy atom. The summed E-state index contributed by atoms with van der Waals surface area (Å²) in [6.45, 7) is 6.29. The van der Waals surface area contributed by atoms with E-state index in [0.717, 1.165) is 5.56 Å². The molecule has 1 amide bonds. The van der Waals surface area contributed by atoms with Crippen molar-refractivity contribution in [1.29, 1.82) is 0 Å². The van der Waals surface area contributed by atoms with Gasteiger partial charge in [0, 0.05) is 24.2 Å². The van der Waals surface area contributed by atoms with Crippen LogP contribution >= 0.6 is 0 Å². The SMILES string of the molecule is CCOC(=O)[C@H]1[C@@H]2[C@@H](Cc3cc(C(=O)OC)c(C(=O)OC)n31)C(=O)N(Cc1ccccc1)[C@H]2C(C)C. The number of methoxy groups -OCH3 is 2. The topological polar surface area (TPSA) is 104 Å². The van der Waals surface area contributed by atoms with E-state index in [2.05, 4.69) is 0 Å². The van der Waals surface area contributed by atoms with Crippen molar-refractivity contribution in [3.05, 3.63) is 58.9 Å². The van der Waals surface area contributed by atoms with Gasteiger partial charge in [0.05, 0.1) is 32.3 Å². The van der Waals surface area contributed by atoms with E-state index in [9.17, 15) is 19.2 Å². The summed E-state index contributed by atoms with van der Waals surface area (Å²) in [6.07, 6.45) is 0.273. The molecule has 1 saturated heterocycles. The van der Waals surface area contributed by atoms with E-state index in [4.69, 9.17) is 14.2 Å². The van der Waals surface area contributed by atoms with E-state index in [0.29, 0.717) is 12.2 Å². The lowest BCUT2D eigenvalue weighted by atomic mass is 9.75. The molecule has 3 heterocycles. The van der Waals surface area contributed by atoms with Gasteiger partial charge in [-0.1, -0.05) is 44.2 Å². The first-order valence-electron chi connectivity index (χ1n) is 12.2. The first-order chi connectivity index (χ1) is 17.2. The van der Waals surface area contributed by atoms with Crippen LogP contribution in [0, 0.1) is 17.8 Å². The highest BCUT2D eigenvalue weighted by Gasteiger charge is 2.58. The molecule has 1 fully saturated rings. The summed E-state index contributed by atoms with van der Waals surface area (Å²) >= 11 is 0. The number of aromatic nitrogens is 1. The normalized spacial score (nSPS) is 22.7. The number of carbonyl (C=O) groups excluding carboxylic acids is 4. The molecule has 0 radical (unpaired) electrons. The first kappa shape index (κ1) is 25.5. The number of rotatable bonds is 7. The molecule has 0 unspecified atom stereocenters.